The van der Waals surface area contributed by atoms with E-state index in [0.29, 0.717) is 6.04 Å². The second kappa shape index (κ2) is 5.37. The number of hydrogen-bond donors (Lipinski definition) is 1. The molecule has 2 aliphatic heterocycles. The molecule has 2 atom stereocenters. The molecule has 1 saturated heterocycles. The summed E-state index contributed by atoms with van der Waals surface area (Å²) in [5, 5.41) is 3.65. The fraction of sp³-hybridized carbons (Fsp3) is 0.625. The topological polar surface area (TPSA) is 21.3 Å². The summed E-state index contributed by atoms with van der Waals surface area (Å²) < 4.78 is 6.43. The van der Waals surface area contributed by atoms with Crippen molar-refractivity contribution in [2.75, 3.05) is 18.1 Å². The fourth-order valence-corrected chi connectivity index (χ4v) is 4.47. The maximum atomic E-state index is 6.43. The smallest absolute Gasteiger partial charge is 0.124 e. The molecule has 1 aromatic carbocycles. The van der Waals surface area contributed by atoms with Crippen LogP contribution in [0.25, 0.3) is 0 Å². The van der Waals surface area contributed by atoms with Gasteiger partial charge in [-0.15, -0.1) is 0 Å². The monoisotopic (exact) mass is 277 g/mol. The van der Waals surface area contributed by atoms with Crippen LogP contribution in [0.1, 0.15) is 43.4 Å². The average Bonchev–Trinajstić information content (AvgIpc) is 2.41. The largest absolute Gasteiger partial charge is 0.486 e. The second-order valence-corrected chi connectivity index (χ2v) is 6.90. The fourth-order valence-electron chi connectivity index (χ4n) is 3.29. The number of hydrogen-bond acceptors (Lipinski definition) is 3. The molecule has 2 unspecified atom stereocenters. The number of ether oxygens (including phenoxy) is 1. The first kappa shape index (κ1) is 13.3. The lowest BCUT2D eigenvalue weighted by Crippen LogP contribution is -2.47. The van der Waals surface area contributed by atoms with Crippen LogP contribution in [0.3, 0.4) is 0 Å². The molecule has 2 nitrogen and oxygen atoms in total. The van der Waals surface area contributed by atoms with Gasteiger partial charge in [-0.3, -0.25) is 0 Å². The van der Waals surface area contributed by atoms with Crippen molar-refractivity contribution in [3.63, 3.8) is 0 Å². The van der Waals surface area contributed by atoms with Gasteiger partial charge in [0.15, 0.2) is 0 Å². The van der Waals surface area contributed by atoms with Crippen molar-refractivity contribution in [2.45, 2.75) is 44.8 Å². The van der Waals surface area contributed by atoms with Crippen LogP contribution in [0, 0.1) is 6.92 Å². The van der Waals surface area contributed by atoms with E-state index in [2.05, 4.69) is 37.4 Å². The van der Waals surface area contributed by atoms with Gasteiger partial charge in [0.2, 0.25) is 0 Å². The molecule has 1 aromatic rings. The predicted molar refractivity (Wildman–Crippen MR) is 82.1 cm³/mol. The molecule has 0 saturated carbocycles. The van der Waals surface area contributed by atoms with Gasteiger partial charge in [0.25, 0.3) is 0 Å². The maximum absolute atomic E-state index is 6.43. The van der Waals surface area contributed by atoms with Gasteiger partial charge in [-0.1, -0.05) is 24.6 Å². The summed E-state index contributed by atoms with van der Waals surface area (Å²) in [6, 6.07) is 7.06. The second-order valence-electron chi connectivity index (χ2n) is 5.80. The first-order valence-electron chi connectivity index (χ1n) is 7.33. The first-order chi connectivity index (χ1) is 9.22. The molecule has 2 heterocycles. The van der Waals surface area contributed by atoms with E-state index in [-0.39, 0.29) is 5.60 Å². The van der Waals surface area contributed by atoms with Crippen LogP contribution < -0.4 is 10.1 Å². The number of rotatable bonds is 2. The molecular formula is C16H23NOS. The molecule has 0 aromatic heterocycles. The van der Waals surface area contributed by atoms with Crippen LogP contribution >= 0.6 is 11.8 Å². The third-order valence-electron chi connectivity index (χ3n) is 4.18. The number of aryl methyl sites for hydroxylation is 1. The molecule has 0 amide bonds. The van der Waals surface area contributed by atoms with Crippen LogP contribution in [-0.2, 0) is 0 Å². The van der Waals surface area contributed by atoms with E-state index in [9.17, 15) is 0 Å². The normalized spacial score (nSPS) is 29.9. The lowest BCUT2D eigenvalue weighted by molar-refractivity contribution is 0.0415. The minimum Gasteiger partial charge on any atom is -0.486 e. The highest BCUT2D eigenvalue weighted by Crippen LogP contribution is 2.45. The lowest BCUT2D eigenvalue weighted by atomic mass is 9.84. The standard InChI is InChI=1S/C16H23NOS/c1-3-17-14-10-16(7-4-8-19-11-16)18-15-6-5-12(2)9-13(14)15/h5-6,9,14,17H,3-4,7-8,10-11H2,1-2H3. The van der Waals surface area contributed by atoms with Crippen molar-refractivity contribution in [3.05, 3.63) is 29.3 Å². The van der Waals surface area contributed by atoms with Crippen molar-refractivity contribution >= 4 is 11.8 Å². The quantitative estimate of drug-likeness (QED) is 0.890. The SMILES string of the molecule is CCNC1CC2(CCCSC2)Oc2ccc(C)cc21. The lowest BCUT2D eigenvalue weighted by Gasteiger charge is -2.44. The zero-order chi connectivity index (χ0) is 13.3. The zero-order valence-electron chi connectivity index (χ0n) is 11.9. The Morgan fingerprint density at radius 2 is 2.37 bits per heavy atom. The van der Waals surface area contributed by atoms with Crippen LogP contribution in [-0.4, -0.2) is 23.7 Å². The van der Waals surface area contributed by atoms with Crippen molar-refractivity contribution in [1.82, 2.24) is 5.32 Å². The van der Waals surface area contributed by atoms with Gasteiger partial charge in [0, 0.05) is 23.8 Å². The van der Waals surface area contributed by atoms with Crippen LogP contribution in [0.2, 0.25) is 0 Å². The minimum absolute atomic E-state index is 0.0675. The molecule has 3 heteroatoms. The Balaban J connectivity index is 1.94. The zero-order valence-corrected chi connectivity index (χ0v) is 12.7. The van der Waals surface area contributed by atoms with Gasteiger partial charge in [-0.25, -0.2) is 0 Å². The van der Waals surface area contributed by atoms with Crippen LogP contribution in [0.5, 0.6) is 5.75 Å². The van der Waals surface area contributed by atoms with E-state index in [1.165, 1.54) is 29.7 Å². The summed E-state index contributed by atoms with van der Waals surface area (Å²) in [6.07, 6.45) is 3.60. The van der Waals surface area contributed by atoms with E-state index in [1.54, 1.807) is 0 Å². The van der Waals surface area contributed by atoms with E-state index in [4.69, 9.17) is 4.74 Å². The van der Waals surface area contributed by atoms with Gasteiger partial charge in [0.05, 0.1) is 0 Å². The molecule has 0 aliphatic carbocycles. The van der Waals surface area contributed by atoms with Gasteiger partial charge >= 0.3 is 0 Å². The van der Waals surface area contributed by atoms with Crippen molar-refractivity contribution in [1.29, 1.82) is 0 Å². The van der Waals surface area contributed by atoms with E-state index in [0.717, 1.165) is 24.5 Å². The number of nitrogens with one attached hydrogen (secondary N) is 1. The average molecular weight is 277 g/mol. The van der Waals surface area contributed by atoms with Crippen molar-refractivity contribution in [2.24, 2.45) is 0 Å². The van der Waals surface area contributed by atoms with E-state index in [1.807, 2.05) is 11.8 Å². The Labute approximate surface area is 120 Å². The van der Waals surface area contributed by atoms with E-state index < -0.39 is 0 Å². The van der Waals surface area contributed by atoms with Gasteiger partial charge in [-0.2, -0.15) is 11.8 Å². The Morgan fingerprint density at radius 1 is 1.47 bits per heavy atom. The summed E-state index contributed by atoms with van der Waals surface area (Å²) in [6.45, 7) is 5.36. The molecule has 2 aliphatic rings. The maximum Gasteiger partial charge on any atom is 0.124 e. The molecule has 0 bridgehead atoms. The summed E-state index contributed by atoms with van der Waals surface area (Å²) in [5.41, 5.74) is 2.74. The molecule has 104 valence electrons. The Kier molecular flexibility index (Phi) is 3.77. The molecule has 1 spiro atoms. The number of benzene rings is 1. The molecular weight excluding hydrogens is 254 g/mol. The van der Waals surface area contributed by atoms with Gasteiger partial charge < -0.3 is 10.1 Å². The van der Waals surface area contributed by atoms with Crippen molar-refractivity contribution < 1.29 is 4.74 Å². The molecule has 0 radical (unpaired) electrons. The predicted octanol–water partition coefficient (Wildman–Crippen LogP) is 3.69. The highest BCUT2D eigenvalue weighted by molar-refractivity contribution is 7.99. The van der Waals surface area contributed by atoms with Crippen molar-refractivity contribution in [3.8, 4) is 5.75 Å². The third kappa shape index (κ3) is 2.63. The highest BCUT2D eigenvalue weighted by atomic mass is 32.2. The van der Waals surface area contributed by atoms with Crippen LogP contribution in [0.15, 0.2) is 18.2 Å². The van der Waals surface area contributed by atoms with E-state index >= 15 is 0 Å². The van der Waals surface area contributed by atoms with Crippen LogP contribution in [0.4, 0.5) is 0 Å². The Morgan fingerprint density at radius 3 is 3.11 bits per heavy atom. The van der Waals surface area contributed by atoms with Gasteiger partial charge in [0.1, 0.15) is 11.4 Å². The summed E-state index contributed by atoms with van der Waals surface area (Å²) in [7, 11) is 0. The molecule has 1 fully saturated rings. The summed E-state index contributed by atoms with van der Waals surface area (Å²) >= 11 is 2.05. The Hall–Kier alpha value is -0.670. The Bertz CT molecular complexity index is 454. The number of fused-ring (bicyclic) bond motifs is 1. The van der Waals surface area contributed by atoms with Gasteiger partial charge in [-0.05, 0) is 38.1 Å². The molecule has 19 heavy (non-hydrogen) atoms. The molecule has 3 rings (SSSR count). The first-order valence-corrected chi connectivity index (χ1v) is 8.49. The summed E-state index contributed by atoms with van der Waals surface area (Å²) in [4.78, 5) is 0. The minimum atomic E-state index is 0.0675. The number of thioether (sulfide) groups is 1. The molecule has 1 N–H and O–H groups in total. The highest BCUT2D eigenvalue weighted by Gasteiger charge is 2.41. The third-order valence-corrected chi connectivity index (χ3v) is 5.49. The summed E-state index contributed by atoms with van der Waals surface area (Å²) in [5.74, 6) is 3.53.